The lowest BCUT2D eigenvalue weighted by Crippen LogP contribution is -2.41. The molecule has 0 amide bonds. The largest absolute Gasteiger partial charge is 0.495 e. The number of hydrogen-bond acceptors (Lipinski definition) is 4. The van der Waals surface area contributed by atoms with Crippen LogP contribution in [0.25, 0.3) is 0 Å². The second-order valence-corrected chi connectivity index (χ2v) is 8.80. The number of aliphatic hydroxyl groups is 1. The zero-order valence-corrected chi connectivity index (χ0v) is 17.0. The Morgan fingerprint density at radius 3 is 2.89 bits per heavy atom. The van der Waals surface area contributed by atoms with Crippen molar-refractivity contribution >= 4 is 0 Å². The summed E-state index contributed by atoms with van der Waals surface area (Å²) in [5, 5.41) is 11.0. The van der Waals surface area contributed by atoms with Gasteiger partial charge >= 0.3 is 0 Å². The molecule has 2 aliphatic carbocycles. The minimum absolute atomic E-state index is 0.0336. The zero-order valence-electron chi connectivity index (χ0n) is 17.0. The molecule has 6 atom stereocenters. The van der Waals surface area contributed by atoms with E-state index in [0.29, 0.717) is 12.5 Å². The fraction of sp³-hybridized carbons (Fsp3) is 0.826. The van der Waals surface area contributed by atoms with Crippen molar-refractivity contribution in [3.05, 3.63) is 23.7 Å². The van der Waals surface area contributed by atoms with Crippen molar-refractivity contribution in [2.75, 3.05) is 6.61 Å². The van der Waals surface area contributed by atoms with Gasteiger partial charge in [0, 0.05) is 25.2 Å². The van der Waals surface area contributed by atoms with Crippen molar-refractivity contribution in [2.45, 2.75) is 96.1 Å². The zero-order chi connectivity index (χ0) is 18.9. The minimum atomic E-state index is -0.940. The van der Waals surface area contributed by atoms with Crippen LogP contribution in [0.2, 0.25) is 0 Å². The van der Waals surface area contributed by atoms with Crippen molar-refractivity contribution in [1.29, 1.82) is 0 Å². The van der Waals surface area contributed by atoms with Crippen LogP contribution in [0, 0.1) is 17.8 Å². The summed E-state index contributed by atoms with van der Waals surface area (Å²) in [5.74, 6) is 1.88. The maximum absolute atomic E-state index is 11.0. The van der Waals surface area contributed by atoms with Crippen LogP contribution in [0.5, 0.6) is 0 Å². The van der Waals surface area contributed by atoms with Crippen LogP contribution in [0.4, 0.5) is 0 Å². The second kappa shape index (κ2) is 8.16. The van der Waals surface area contributed by atoms with E-state index >= 15 is 0 Å². The highest BCUT2D eigenvalue weighted by Gasteiger charge is 2.65. The van der Waals surface area contributed by atoms with Gasteiger partial charge in [-0.3, -0.25) is 0 Å². The van der Waals surface area contributed by atoms with Gasteiger partial charge in [0.15, 0.2) is 5.79 Å². The van der Waals surface area contributed by atoms with E-state index in [4.69, 9.17) is 14.2 Å². The highest BCUT2D eigenvalue weighted by molar-refractivity contribution is 5.25. The molecule has 2 aliphatic heterocycles. The molecule has 0 radical (unpaired) electrons. The van der Waals surface area contributed by atoms with Crippen LogP contribution in [0.15, 0.2) is 23.7 Å². The number of rotatable bonds is 9. The third-order valence-electron chi connectivity index (χ3n) is 6.96. The number of hydrogen-bond donors (Lipinski definition) is 1. The molecule has 0 bridgehead atoms. The van der Waals surface area contributed by atoms with Crippen LogP contribution < -0.4 is 0 Å². The number of ether oxygens (including phenoxy) is 3. The molecule has 0 aromatic carbocycles. The van der Waals surface area contributed by atoms with E-state index in [1.54, 1.807) is 0 Å². The average Bonchev–Trinajstić information content (AvgIpc) is 3.13. The third kappa shape index (κ3) is 3.67. The van der Waals surface area contributed by atoms with Gasteiger partial charge in [0.1, 0.15) is 17.6 Å². The molecule has 2 saturated heterocycles. The molecule has 2 heterocycles. The summed E-state index contributed by atoms with van der Waals surface area (Å²) in [4.78, 5) is 0. The van der Waals surface area contributed by atoms with Crippen molar-refractivity contribution in [3.8, 4) is 0 Å². The predicted octanol–water partition coefficient (Wildman–Crippen LogP) is 5.07. The van der Waals surface area contributed by atoms with E-state index in [0.717, 1.165) is 43.6 Å². The topological polar surface area (TPSA) is 47.9 Å². The first-order valence-electron chi connectivity index (χ1n) is 11.3. The first-order chi connectivity index (χ1) is 13.2. The summed E-state index contributed by atoms with van der Waals surface area (Å²) < 4.78 is 18.6. The first kappa shape index (κ1) is 19.3. The Kier molecular flexibility index (Phi) is 5.84. The van der Waals surface area contributed by atoms with Gasteiger partial charge < -0.3 is 19.3 Å². The normalized spacial score (nSPS) is 39.7. The van der Waals surface area contributed by atoms with Gasteiger partial charge in [0.25, 0.3) is 0 Å². The van der Waals surface area contributed by atoms with Crippen LogP contribution in [0.3, 0.4) is 0 Å². The van der Waals surface area contributed by atoms with Crippen molar-refractivity contribution in [2.24, 2.45) is 17.8 Å². The quantitative estimate of drug-likeness (QED) is 0.451. The monoisotopic (exact) mass is 376 g/mol. The molecular formula is C23H36O4. The molecule has 152 valence electrons. The van der Waals surface area contributed by atoms with Gasteiger partial charge in [-0.15, -0.1) is 0 Å². The van der Waals surface area contributed by atoms with Crippen molar-refractivity contribution in [1.82, 2.24) is 0 Å². The molecule has 27 heavy (non-hydrogen) atoms. The lowest BCUT2D eigenvalue weighted by molar-refractivity contribution is -0.206. The molecule has 1 N–H and O–H groups in total. The lowest BCUT2D eigenvalue weighted by atomic mass is 9.72. The molecular weight excluding hydrogens is 340 g/mol. The van der Waals surface area contributed by atoms with Gasteiger partial charge in [-0.05, 0) is 38.2 Å². The molecule has 4 aliphatic rings. The van der Waals surface area contributed by atoms with E-state index in [-0.39, 0.29) is 24.0 Å². The minimum Gasteiger partial charge on any atom is -0.495 e. The molecule has 0 spiro atoms. The van der Waals surface area contributed by atoms with E-state index in [9.17, 15) is 5.11 Å². The average molecular weight is 377 g/mol. The van der Waals surface area contributed by atoms with Crippen LogP contribution >= 0.6 is 0 Å². The Labute approximate surface area is 164 Å². The molecule has 0 unspecified atom stereocenters. The molecule has 4 heteroatoms. The van der Waals surface area contributed by atoms with Crippen molar-refractivity contribution < 1.29 is 19.3 Å². The maximum Gasteiger partial charge on any atom is 0.169 e. The van der Waals surface area contributed by atoms with E-state index in [1.807, 2.05) is 6.92 Å². The van der Waals surface area contributed by atoms with Gasteiger partial charge in [0.05, 0.1) is 18.6 Å². The fourth-order valence-electron chi connectivity index (χ4n) is 5.79. The molecule has 0 aromatic heterocycles. The van der Waals surface area contributed by atoms with Gasteiger partial charge in [-0.1, -0.05) is 38.7 Å². The Hall–Kier alpha value is -1.00. The highest BCUT2D eigenvalue weighted by atomic mass is 16.6. The van der Waals surface area contributed by atoms with E-state index in [1.165, 1.54) is 32.1 Å². The smallest absolute Gasteiger partial charge is 0.169 e. The summed E-state index contributed by atoms with van der Waals surface area (Å²) in [6.45, 7) is 4.95. The Bertz CT molecular complexity index is 583. The SMILES string of the molecule is CCCCCCC/C=C/[C@@H]1C[C@@H]2O[C@]3(O)CC[C@@H]4CC(OCC)=C(O1)[C@H]2[C@@H]43. The number of allylic oxidation sites excluding steroid dienone is 2. The van der Waals surface area contributed by atoms with Crippen LogP contribution in [-0.2, 0) is 14.2 Å². The van der Waals surface area contributed by atoms with E-state index < -0.39 is 5.79 Å². The Balaban J connectivity index is 1.43. The summed E-state index contributed by atoms with van der Waals surface area (Å²) >= 11 is 0. The van der Waals surface area contributed by atoms with Gasteiger partial charge in [0.2, 0.25) is 0 Å². The molecule has 3 fully saturated rings. The standard InChI is InChI=1S/C23H36O4/c1-3-5-6-7-8-9-10-11-17-15-18-20-21-16(12-13-23(21,24)27-18)14-19(25-4-2)22(20)26-17/h10-11,16-18,20-21,24H,3-9,12-15H2,1-2H3/b11-10+/t16-,17-,18+,20-,21-,23-/m1/s1. The second-order valence-electron chi connectivity index (χ2n) is 8.80. The summed E-state index contributed by atoms with van der Waals surface area (Å²) in [5.41, 5.74) is 0. The van der Waals surface area contributed by atoms with Gasteiger partial charge in [-0.25, -0.2) is 0 Å². The first-order valence-corrected chi connectivity index (χ1v) is 11.3. The lowest BCUT2D eigenvalue weighted by Gasteiger charge is -2.40. The molecule has 4 nitrogen and oxygen atoms in total. The van der Waals surface area contributed by atoms with Crippen LogP contribution in [0.1, 0.15) is 78.1 Å². The molecule has 1 saturated carbocycles. The van der Waals surface area contributed by atoms with Crippen molar-refractivity contribution in [3.63, 3.8) is 0 Å². The number of unbranched alkanes of at least 4 members (excludes halogenated alkanes) is 5. The Morgan fingerprint density at radius 1 is 1.22 bits per heavy atom. The van der Waals surface area contributed by atoms with E-state index in [2.05, 4.69) is 19.1 Å². The third-order valence-corrected chi connectivity index (χ3v) is 6.96. The van der Waals surface area contributed by atoms with Gasteiger partial charge in [-0.2, -0.15) is 0 Å². The fourth-order valence-corrected chi connectivity index (χ4v) is 5.79. The Morgan fingerprint density at radius 2 is 2.07 bits per heavy atom. The molecule has 4 rings (SSSR count). The van der Waals surface area contributed by atoms with Crippen LogP contribution in [-0.4, -0.2) is 29.7 Å². The molecule has 0 aromatic rings. The summed E-state index contributed by atoms with van der Waals surface area (Å²) in [6, 6.07) is 0. The highest BCUT2D eigenvalue weighted by Crippen LogP contribution is 2.61. The predicted molar refractivity (Wildman–Crippen MR) is 105 cm³/mol. The maximum atomic E-state index is 11.0. The summed E-state index contributed by atoms with van der Waals surface area (Å²) in [7, 11) is 0. The summed E-state index contributed by atoms with van der Waals surface area (Å²) in [6.07, 6.45) is 15.7.